The topological polar surface area (TPSA) is 62.1 Å². The van der Waals surface area contributed by atoms with Crippen LogP contribution >= 0.6 is 0 Å². The van der Waals surface area contributed by atoms with E-state index in [-0.39, 0.29) is 5.91 Å². The van der Waals surface area contributed by atoms with Gasteiger partial charge in [0.25, 0.3) is 0 Å². The van der Waals surface area contributed by atoms with Gasteiger partial charge in [0.15, 0.2) is 0 Å². The summed E-state index contributed by atoms with van der Waals surface area (Å²) in [5.41, 5.74) is -0.350. The second-order valence-corrected chi connectivity index (χ2v) is 4.85. The van der Waals surface area contributed by atoms with Gasteiger partial charge in [0.05, 0.1) is 18.9 Å². The molecule has 0 aliphatic rings. The van der Waals surface area contributed by atoms with Crippen LogP contribution in [0, 0.1) is 16.7 Å². The lowest BCUT2D eigenvalue weighted by molar-refractivity contribution is -0.123. The molecule has 0 heterocycles. The van der Waals surface area contributed by atoms with Crippen LogP contribution in [0.1, 0.15) is 39.5 Å². The number of para-hydroxylation sites is 2. The van der Waals surface area contributed by atoms with Crippen molar-refractivity contribution in [3.05, 3.63) is 24.3 Å². The predicted octanol–water partition coefficient (Wildman–Crippen LogP) is 3.74. The number of amides is 1. The Morgan fingerprint density at radius 2 is 1.90 bits per heavy atom. The molecule has 1 N–H and O–H groups in total. The monoisotopic (exact) mass is 274 g/mol. The lowest BCUT2D eigenvalue weighted by Crippen LogP contribution is -2.35. The number of nitriles is 1. The molecule has 0 atom stereocenters. The van der Waals surface area contributed by atoms with E-state index < -0.39 is 5.41 Å². The summed E-state index contributed by atoms with van der Waals surface area (Å²) in [5.74, 6) is 0.355. The molecule has 20 heavy (non-hydrogen) atoms. The van der Waals surface area contributed by atoms with Gasteiger partial charge in [-0.15, -0.1) is 0 Å². The number of nitrogens with zero attached hydrogens (tertiary/aromatic N) is 1. The first-order valence-corrected chi connectivity index (χ1v) is 6.99. The molecule has 0 unspecified atom stereocenters. The van der Waals surface area contributed by atoms with Crippen molar-refractivity contribution >= 4 is 11.6 Å². The van der Waals surface area contributed by atoms with E-state index in [4.69, 9.17) is 4.74 Å². The molecule has 0 saturated heterocycles. The average molecular weight is 274 g/mol. The lowest BCUT2D eigenvalue weighted by Gasteiger charge is -2.25. The van der Waals surface area contributed by atoms with Crippen molar-refractivity contribution < 1.29 is 9.53 Å². The summed E-state index contributed by atoms with van der Waals surface area (Å²) >= 11 is 0. The van der Waals surface area contributed by atoms with Crippen LogP contribution in [0.2, 0.25) is 0 Å². The summed E-state index contributed by atoms with van der Waals surface area (Å²) in [5, 5.41) is 12.3. The molecule has 1 aromatic carbocycles. The van der Waals surface area contributed by atoms with E-state index in [0.29, 0.717) is 24.3 Å². The molecule has 0 fully saturated rings. The molecule has 108 valence electrons. The van der Waals surface area contributed by atoms with E-state index in [0.717, 1.165) is 12.8 Å². The summed E-state index contributed by atoms with van der Waals surface area (Å²) in [4.78, 5) is 12.5. The van der Waals surface area contributed by atoms with Crippen LogP contribution in [0.3, 0.4) is 0 Å². The Morgan fingerprint density at radius 1 is 1.30 bits per heavy atom. The Labute approximate surface area is 120 Å². The van der Waals surface area contributed by atoms with E-state index in [1.807, 2.05) is 26.0 Å². The van der Waals surface area contributed by atoms with Crippen molar-refractivity contribution in [2.45, 2.75) is 39.5 Å². The molecule has 4 heteroatoms. The average Bonchev–Trinajstić information content (AvgIpc) is 2.47. The second-order valence-electron chi connectivity index (χ2n) is 4.85. The zero-order valence-corrected chi connectivity index (χ0v) is 12.4. The van der Waals surface area contributed by atoms with Gasteiger partial charge in [-0.1, -0.05) is 38.8 Å². The SMILES string of the molecule is CCCC(C#N)(CCC)C(=O)Nc1ccccc1OC. The molecule has 0 aliphatic carbocycles. The van der Waals surface area contributed by atoms with Gasteiger partial charge in [-0.25, -0.2) is 0 Å². The number of ether oxygens (including phenoxy) is 1. The highest BCUT2D eigenvalue weighted by Gasteiger charge is 2.37. The summed E-state index contributed by atoms with van der Waals surface area (Å²) in [7, 11) is 1.56. The Morgan fingerprint density at radius 3 is 2.40 bits per heavy atom. The molecule has 1 amide bonds. The Kier molecular flexibility index (Phi) is 6.05. The third-order valence-electron chi connectivity index (χ3n) is 3.36. The van der Waals surface area contributed by atoms with E-state index in [1.54, 1.807) is 19.2 Å². The molecule has 1 aromatic rings. The van der Waals surface area contributed by atoms with Gasteiger partial charge < -0.3 is 10.1 Å². The van der Waals surface area contributed by atoms with Crippen LogP contribution < -0.4 is 10.1 Å². The van der Waals surface area contributed by atoms with Crippen LogP contribution in [0.5, 0.6) is 5.75 Å². The van der Waals surface area contributed by atoms with Crippen molar-refractivity contribution in [1.29, 1.82) is 5.26 Å². The number of benzene rings is 1. The highest BCUT2D eigenvalue weighted by molar-refractivity contribution is 5.98. The lowest BCUT2D eigenvalue weighted by atomic mass is 9.79. The maximum absolute atomic E-state index is 12.5. The van der Waals surface area contributed by atoms with Crippen molar-refractivity contribution in [1.82, 2.24) is 0 Å². The molecule has 4 nitrogen and oxygen atoms in total. The fraction of sp³-hybridized carbons (Fsp3) is 0.500. The summed E-state index contributed by atoms with van der Waals surface area (Å²) in [6.07, 6.45) is 2.73. The van der Waals surface area contributed by atoms with Crippen molar-refractivity contribution in [2.75, 3.05) is 12.4 Å². The van der Waals surface area contributed by atoms with Gasteiger partial charge in [-0.3, -0.25) is 4.79 Å². The number of carbonyl (C=O) groups is 1. The largest absolute Gasteiger partial charge is 0.495 e. The molecular formula is C16H22N2O2. The van der Waals surface area contributed by atoms with Crippen molar-refractivity contribution in [3.8, 4) is 11.8 Å². The number of anilines is 1. The summed E-state index contributed by atoms with van der Waals surface area (Å²) in [6, 6.07) is 9.44. The smallest absolute Gasteiger partial charge is 0.244 e. The minimum Gasteiger partial charge on any atom is -0.495 e. The first-order chi connectivity index (χ1) is 9.63. The summed E-state index contributed by atoms with van der Waals surface area (Å²) in [6.45, 7) is 3.97. The fourth-order valence-corrected chi connectivity index (χ4v) is 2.36. The number of nitrogens with one attached hydrogen (secondary N) is 1. The normalized spacial score (nSPS) is 10.7. The van der Waals surface area contributed by atoms with Crippen molar-refractivity contribution in [3.63, 3.8) is 0 Å². The van der Waals surface area contributed by atoms with E-state index in [9.17, 15) is 10.1 Å². The summed E-state index contributed by atoms with van der Waals surface area (Å²) < 4.78 is 5.21. The molecule has 0 radical (unpaired) electrons. The number of hydrogen-bond acceptors (Lipinski definition) is 3. The van der Waals surface area contributed by atoms with Gasteiger partial charge in [-0.2, -0.15) is 5.26 Å². The third-order valence-corrected chi connectivity index (χ3v) is 3.36. The van der Waals surface area contributed by atoms with E-state index in [2.05, 4.69) is 11.4 Å². The third kappa shape index (κ3) is 3.51. The molecule has 1 rings (SSSR count). The van der Waals surface area contributed by atoms with Crippen LogP contribution in [0.15, 0.2) is 24.3 Å². The molecule has 0 aromatic heterocycles. The Bertz CT molecular complexity index is 485. The highest BCUT2D eigenvalue weighted by atomic mass is 16.5. The minimum absolute atomic E-state index is 0.242. The quantitative estimate of drug-likeness (QED) is 0.823. The first kappa shape index (κ1) is 16.0. The van der Waals surface area contributed by atoms with Crippen LogP contribution in [0.4, 0.5) is 5.69 Å². The minimum atomic E-state index is -0.954. The number of carbonyl (C=O) groups excluding carboxylic acids is 1. The maximum Gasteiger partial charge on any atom is 0.244 e. The zero-order chi connectivity index (χ0) is 15.0. The van der Waals surface area contributed by atoms with Crippen LogP contribution in [-0.4, -0.2) is 13.0 Å². The molecule has 0 spiro atoms. The number of hydrogen-bond donors (Lipinski definition) is 1. The first-order valence-electron chi connectivity index (χ1n) is 6.99. The van der Waals surface area contributed by atoms with Crippen LogP contribution in [0.25, 0.3) is 0 Å². The predicted molar refractivity (Wildman–Crippen MR) is 79.5 cm³/mol. The van der Waals surface area contributed by atoms with Gasteiger partial charge in [0, 0.05) is 0 Å². The standard InChI is InChI=1S/C16H22N2O2/c1-4-10-16(12-17,11-5-2)15(19)18-13-8-6-7-9-14(13)20-3/h6-9H,4-5,10-11H2,1-3H3,(H,18,19). The van der Waals surface area contributed by atoms with Gasteiger partial charge in [0.2, 0.25) is 5.91 Å². The maximum atomic E-state index is 12.5. The van der Waals surface area contributed by atoms with Gasteiger partial charge >= 0.3 is 0 Å². The highest BCUT2D eigenvalue weighted by Crippen LogP contribution is 2.32. The van der Waals surface area contributed by atoms with Gasteiger partial charge in [0.1, 0.15) is 11.2 Å². The van der Waals surface area contributed by atoms with Crippen LogP contribution in [-0.2, 0) is 4.79 Å². The van der Waals surface area contributed by atoms with Crippen molar-refractivity contribution in [2.24, 2.45) is 5.41 Å². The molecule has 0 bridgehead atoms. The van der Waals surface area contributed by atoms with Gasteiger partial charge in [-0.05, 0) is 25.0 Å². The Hall–Kier alpha value is -2.02. The molecular weight excluding hydrogens is 252 g/mol. The second kappa shape index (κ2) is 7.54. The number of methoxy groups -OCH3 is 1. The molecule has 0 saturated carbocycles. The fourth-order valence-electron chi connectivity index (χ4n) is 2.36. The van der Waals surface area contributed by atoms with E-state index >= 15 is 0 Å². The number of rotatable bonds is 7. The zero-order valence-electron chi connectivity index (χ0n) is 12.4. The Balaban J connectivity index is 2.99. The van der Waals surface area contributed by atoms with E-state index in [1.165, 1.54) is 0 Å². The molecule has 0 aliphatic heterocycles.